The number of carbonyl (C=O) groups excluding carboxylic acids is 1. The Labute approximate surface area is 219 Å². The molecule has 0 unspecified atom stereocenters. The number of benzene rings is 3. The van der Waals surface area contributed by atoms with Crippen LogP contribution in [0.1, 0.15) is 18.0 Å². The maximum absolute atomic E-state index is 13.4. The molecule has 1 fully saturated rings. The molecular formula is C28H33N3O5S. The molecular weight excluding hydrogens is 490 g/mol. The first-order chi connectivity index (χ1) is 17.8. The minimum atomic E-state index is -3.82. The van der Waals surface area contributed by atoms with Crippen molar-refractivity contribution in [3.63, 3.8) is 0 Å². The van der Waals surface area contributed by atoms with Gasteiger partial charge in [0.15, 0.2) is 0 Å². The Morgan fingerprint density at radius 1 is 0.838 bits per heavy atom. The first kappa shape index (κ1) is 26.5. The number of amides is 1. The lowest BCUT2D eigenvalue weighted by molar-refractivity contribution is -0.132. The summed E-state index contributed by atoms with van der Waals surface area (Å²) in [6.07, 6.45) is 0.0391. The van der Waals surface area contributed by atoms with Crippen LogP contribution in [0, 0.1) is 0 Å². The Morgan fingerprint density at radius 2 is 1.38 bits per heavy atom. The van der Waals surface area contributed by atoms with Crippen LogP contribution in [0.3, 0.4) is 0 Å². The third-order valence-electron chi connectivity index (χ3n) is 6.80. The van der Waals surface area contributed by atoms with E-state index < -0.39 is 16.1 Å². The van der Waals surface area contributed by atoms with Gasteiger partial charge < -0.3 is 19.3 Å². The van der Waals surface area contributed by atoms with E-state index in [2.05, 4.69) is 4.90 Å². The molecule has 0 N–H and O–H groups in total. The average Bonchev–Trinajstić information content (AvgIpc) is 2.96. The van der Waals surface area contributed by atoms with E-state index in [-0.39, 0.29) is 17.2 Å². The maximum Gasteiger partial charge on any atom is 0.243 e. The lowest BCUT2D eigenvalue weighted by Crippen LogP contribution is -2.49. The fourth-order valence-electron chi connectivity index (χ4n) is 4.51. The fraction of sp³-hybridized carbons (Fsp3) is 0.321. The van der Waals surface area contributed by atoms with Gasteiger partial charge in [0, 0.05) is 45.3 Å². The smallest absolute Gasteiger partial charge is 0.243 e. The van der Waals surface area contributed by atoms with E-state index in [0.717, 1.165) is 17.0 Å². The predicted molar refractivity (Wildman–Crippen MR) is 144 cm³/mol. The van der Waals surface area contributed by atoms with Crippen molar-refractivity contribution in [2.45, 2.75) is 17.4 Å². The Balaban J connectivity index is 1.50. The van der Waals surface area contributed by atoms with Gasteiger partial charge in [-0.1, -0.05) is 30.3 Å². The number of nitrogens with zero attached hydrogens (tertiary/aromatic N) is 3. The van der Waals surface area contributed by atoms with Gasteiger partial charge in [0.25, 0.3) is 0 Å². The van der Waals surface area contributed by atoms with Gasteiger partial charge >= 0.3 is 0 Å². The molecule has 1 atom stereocenters. The van der Waals surface area contributed by atoms with Crippen LogP contribution in [-0.2, 0) is 14.8 Å². The third-order valence-corrected chi connectivity index (χ3v) is 8.68. The van der Waals surface area contributed by atoms with E-state index in [9.17, 15) is 13.2 Å². The Kier molecular flexibility index (Phi) is 8.35. The fourth-order valence-corrected chi connectivity index (χ4v) is 5.88. The summed E-state index contributed by atoms with van der Waals surface area (Å²) >= 11 is 0. The van der Waals surface area contributed by atoms with Gasteiger partial charge in [-0.15, -0.1) is 0 Å². The van der Waals surface area contributed by atoms with Crippen molar-refractivity contribution in [2.24, 2.45) is 0 Å². The zero-order chi connectivity index (χ0) is 26.4. The topological polar surface area (TPSA) is 79.4 Å². The van der Waals surface area contributed by atoms with Crippen molar-refractivity contribution in [3.05, 3.63) is 84.4 Å². The number of methoxy groups -OCH3 is 2. The van der Waals surface area contributed by atoms with Crippen molar-refractivity contribution >= 4 is 21.6 Å². The van der Waals surface area contributed by atoms with Crippen LogP contribution in [0.15, 0.2) is 83.8 Å². The summed E-state index contributed by atoms with van der Waals surface area (Å²) in [6, 6.07) is 22.7. The van der Waals surface area contributed by atoms with Gasteiger partial charge in [-0.3, -0.25) is 4.79 Å². The molecule has 3 aromatic carbocycles. The lowest BCUT2D eigenvalue weighted by atomic mass is 10.0. The normalized spacial score (nSPS) is 14.9. The van der Waals surface area contributed by atoms with Gasteiger partial charge in [0.2, 0.25) is 15.9 Å². The zero-order valence-electron chi connectivity index (χ0n) is 21.4. The second-order valence-corrected chi connectivity index (χ2v) is 10.9. The molecule has 0 aliphatic carbocycles. The minimum Gasteiger partial charge on any atom is -0.497 e. The van der Waals surface area contributed by atoms with Crippen LogP contribution in [-0.4, -0.2) is 71.0 Å². The Hall–Kier alpha value is -3.56. The van der Waals surface area contributed by atoms with Crippen LogP contribution in [0.4, 0.5) is 5.69 Å². The van der Waals surface area contributed by atoms with Crippen LogP contribution in [0.5, 0.6) is 11.5 Å². The number of anilines is 1. The van der Waals surface area contributed by atoms with Gasteiger partial charge in [-0.25, -0.2) is 8.42 Å². The highest BCUT2D eigenvalue weighted by Gasteiger charge is 2.33. The highest BCUT2D eigenvalue weighted by atomic mass is 32.2. The molecule has 0 radical (unpaired) electrons. The van der Waals surface area contributed by atoms with Gasteiger partial charge in [-0.2, -0.15) is 4.31 Å². The quantitative estimate of drug-likeness (QED) is 0.425. The van der Waals surface area contributed by atoms with Crippen LogP contribution < -0.4 is 14.4 Å². The molecule has 1 heterocycles. The summed E-state index contributed by atoms with van der Waals surface area (Å²) in [5, 5.41) is 0. The number of rotatable bonds is 9. The van der Waals surface area contributed by atoms with E-state index in [4.69, 9.17) is 9.47 Å². The Morgan fingerprint density at radius 3 is 1.92 bits per heavy atom. The van der Waals surface area contributed by atoms with Crippen LogP contribution in [0.25, 0.3) is 0 Å². The first-order valence-electron chi connectivity index (χ1n) is 12.2. The van der Waals surface area contributed by atoms with E-state index in [0.29, 0.717) is 31.9 Å². The van der Waals surface area contributed by atoms with Crippen molar-refractivity contribution in [1.29, 1.82) is 0 Å². The van der Waals surface area contributed by atoms with Crippen molar-refractivity contribution in [1.82, 2.24) is 9.21 Å². The van der Waals surface area contributed by atoms with Crippen molar-refractivity contribution in [2.75, 3.05) is 52.3 Å². The highest BCUT2D eigenvalue weighted by molar-refractivity contribution is 7.89. The SMILES string of the molecule is COc1ccc([C@H](CC(=O)N2CCN(c3ccc(OC)cc3)CC2)N(C)S(=O)(=O)c2ccccc2)cc1. The highest BCUT2D eigenvalue weighted by Crippen LogP contribution is 2.31. The molecule has 3 aromatic rings. The van der Waals surface area contributed by atoms with Gasteiger partial charge in [0.05, 0.1) is 25.2 Å². The molecule has 0 bridgehead atoms. The van der Waals surface area contributed by atoms with Crippen molar-refractivity contribution in [3.8, 4) is 11.5 Å². The number of sulfonamides is 1. The first-order valence-corrected chi connectivity index (χ1v) is 13.6. The van der Waals surface area contributed by atoms with Crippen molar-refractivity contribution < 1.29 is 22.7 Å². The van der Waals surface area contributed by atoms with Gasteiger partial charge in [-0.05, 0) is 54.1 Å². The molecule has 1 aliphatic rings. The molecule has 37 heavy (non-hydrogen) atoms. The molecule has 196 valence electrons. The lowest BCUT2D eigenvalue weighted by Gasteiger charge is -2.37. The number of hydrogen-bond donors (Lipinski definition) is 0. The summed E-state index contributed by atoms with van der Waals surface area (Å²) in [5.41, 5.74) is 1.81. The molecule has 0 aromatic heterocycles. The molecule has 1 aliphatic heterocycles. The summed E-state index contributed by atoms with van der Waals surface area (Å²) in [6.45, 7) is 2.53. The molecule has 4 rings (SSSR count). The van der Waals surface area contributed by atoms with Crippen LogP contribution >= 0.6 is 0 Å². The number of piperazine rings is 1. The van der Waals surface area contributed by atoms with E-state index in [1.807, 2.05) is 41.3 Å². The number of carbonyl (C=O) groups is 1. The molecule has 8 nitrogen and oxygen atoms in total. The molecule has 1 saturated heterocycles. The molecule has 0 spiro atoms. The average molecular weight is 524 g/mol. The van der Waals surface area contributed by atoms with Crippen LogP contribution in [0.2, 0.25) is 0 Å². The minimum absolute atomic E-state index is 0.0391. The number of hydrogen-bond acceptors (Lipinski definition) is 6. The largest absolute Gasteiger partial charge is 0.497 e. The van der Waals surface area contributed by atoms with E-state index in [1.54, 1.807) is 56.7 Å². The monoisotopic (exact) mass is 523 g/mol. The van der Waals surface area contributed by atoms with E-state index >= 15 is 0 Å². The summed E-state index contributed by atoms with van der Waals surface area (Å²) in [7, 11) is 0.935. The zero-order valence-corrected chi connectivity index (χ0v) is 22.2. The second kappa shape index (κ2) is 11.7. The maximum atomic E-state index is 13.4. The molecule has 0 saturated carbocycles. The summed E-state index contributed by atoms with van der Waals surface area (Å²) in [4.78, 5) is 17.7. The van der Waals surface area contributed by atoms with E-state index in [1.165, 1.54) is 11.4 Å². The number of ether oxygens (including phenoxy) is 2. The summed E-state index contributed by atoms with van der Waals surface area (Å²) in [5.74, 6) is 1.39. The predicted octanol–water partition coefficient (Wildman–Crippen LogP) is 3.80. The Bertz CT molecular complexity index is 1270. The standard InChI is InChI=1S/C28H33N3O5S/c1-29(37(33,34)26-7-5-4-6-8-26)27(22-9-13-24(35-2)14-10-22)21-28(32)31-19-17-30(18-20-31)23-11-15-25(36-3)16-12-23/h4-16,27H,17-21H2,1-3H3/t27-/m0/s1. The third kappa shape index (κ3) is 6.06. The molecule has 9 heteroatoms. The molecule has 1 amide bonds. The summed E-state index contributed by atoms with van der Waals surface area (Å²) < 4.78 is 38.7. The second-order valence-electron chi connectivity index (χ2n) is 8.89. The van der Waals surface area contributed by atoms with Gasteiger partial charge in [0.1, 0.15) is 11.5 Å².